The zero-order valence-corrected chi connectivity index (χ0v) is 16.6. The maximum atomic E-state index is 14.1. The molecule has 1 amide bonds. The second kappa shape index (κ2) is 9.05. The lowest BCUT2D eigenvalue weighted by Gasteiger charge is -2.35. The molecule has 0 aliphatic carbocycles. The summed E-state index contributed by atoms with van der Waals surface area (Å²) in [4.78, 5) is 24.9. The lowest BCUT2D eigenvalue weighted by Crippen LogP contribution is -2.69. The number of amides is 1. The van der Waals surface area contributed by atoms with E-state index in [1.165, 1.54) is 18.3 Å². The Labute approximate surface area is 177 Å². The molecule has 1 atom stereocenters. The van der Waals surface area contributed by atoms with Crippen LogP contribution in [0.1, 0.15) is 17.3 Å². The first-order valence-electron chi connectivity index (χ1n) is 8.16. The first kappa shape index (κ1) is 23.7. The maximum Gasteiger partial charge on any atom is 0.441 e. The lowest BCUT2D eigenvalue weighted by atomic mass is 10.1. The highest BCUT2D eigenvalue weighted by atomic mass is 35.5. The molecule has 0 saturated carbocycles. The number of alkyl halides is 3. The third kappa shape index (κ3) is 4.93. The third-order valence-electron chi connectivity index (χ3n) is 3.74. The fourth-order valence-electron chi connectivity index (χ4n) is 2.33. The van der Waals surface area contributed by atoms with Crippen molar-refractivity contribution in [1.29, 1.82) is 0 Å². The number of rotatable bonds is 6. The van der Waals surface area contributed by atoms with Gasteiger partial charge in [0.2, 0.25) is 0 Å². The maximum absolute atomic E-state index is 14.1. The normalized spacial score (nSPS) is 13.3. The van der Waals surface area contributed by atoms with E-state index < -0.39 is 53.2 Å². The number of anilines is 1. The summed E-state index contributed by atoms with van der Waals surface area (Å²) < 4.78 is 73.8. The van der Waals surface area contributed by atoms with Gasteiger partial charge in [-0.15, -0.1) is 0 Å². The Morgan fingerprint density at radius 1 is 1.07 bits per heavy atom. The molecule has 0 spiro atoms. The Balaban J connectivity index is 2.58. The molecule has 30 heavy (non-hydrogen) atoms. The van der Waals surface area contributed by atoms with Crippen LogP contribution in [0.3, 0.4) is 0 Å². The molecule has 0 aromatic heterocycles. The predicted molar refractivity (Wildman–Crippen MR) is 99.3 cm³/mol. The largest absolute Gasteiger partial charge is 0.463 e. The number of hydrogen-bond donors (Lipinski definition) is 2. The van der Waals surface area contributed by atoms with Gasteiger partial charge in [-0.1, -0.05) is 23.2 Å². The van der Waals surface area contributed by atoms with Crippen LogP contribution in [0.15, 0.2) is 36.4 Å². The van der Waals surface area contributed by atoms with E-state index in [1.807, 2.05) is 0 Å². The van der Waals surface area contributed by atoms with E-state index in [-0.39, 0.29) is 10.0 Å². The van der Waals surface area contributed by atoms with Gasteiger partial charge in [0.05, 0.1) is 22.9 Å². The predicted octanol–water partition coefficient (Wildman–Crippen LogP) is 4.94. The van der Waals surface area contributed by atoms with E-state index >= 15 is 0 Å². The van der Waals surface area contributed by atoms with E-state index in [0.717, 1.165) is 12.1 Å². The Morgan fingerprint density at radius 3 is 2.27 bits per heavy atom. The summed E-state index contributed by atoms with van der Waals surface area (Å²) in [5, 5.41) is 2.89. The van der Waals surface area contributed by atoms with Crippen LogP contribution in [0.2, 0.25) is 10.0 Å². The van der Waals surface area contributed by atoms with E-state index in [2.05, 4.69) is 4.74 Å². The number of halogens is 7. The number of hydrogen-bond acceptors (Lipinski definition) is 4. The Morgan fingerprint density at radius 2 is 1.73 bits per heavy atom. The summed E-state index contributed by atoms with van der Waals surface area (Å²) in [7, 11) is 0. The summed E-state index contributed by atoms with van der Waals surface area (Å²) in [6.45, 7) is 0.747. The summed E-state index contributed by atoms with van der Waals surface area (Å²) in [5.74, 6) is -5.91. The smallest absolute Gasteiger partial charge is 0.441 e. The quantitative estimate of drug-likeness (QED) is 0.356. The van der Waals surface area contributed by atoms with Crippen LogP contribution >= 0.6 is 23.2 Å². The Bertz CT molecular complexity index is 971. The number of ether oxygens (including phenoxy) is 1. The molecule has 2 aromatic rings. The molecule has 2 aromatic carbocycles. The van der Waals surface area contributed by atoms with Gasteiger partial charge in [0.15, 0.2) is 0 Å². The number of nitrogens with one attached hydrogen (secondary N) is 2. The summed E-state index contributed by atoms with van der Waals surface area (Å²) in [6.07, 6.45) is -5.52. The van der Waals surface area contributed by atoms with Gasteiger partial charge in [-0.2, -0.15) is 13.2 Å². The summed E-state index contributed by atoms with van der Waals surface area (Å²) in [6, 6.07) is 4.92. The first-order valence-corrected chi connectivity index (χ1v) is 8.91. The Hall–Kier alpha value is -2.59. The molecule has 12 heteroatoms. The van der Waals surface area contributed by atoms with Gasteiger partial charge in [-0.05, 0) is 37.3 Å². The minimum Gasteiger partial charge on any atom is -0.463 e. The van der Waals surface area contributed by atoms with E-state index in [1.54, 1.807) is 5.32 Å². The highest BCUT2D eigenvalue weighted by Crippen LogP contribution is 2.35. The molecule has 2 rings (SSSR count). The zero-order valence-electron chi connectivity index (χ0n) is 15.0. The molecule has 0 unspecified atom stereocenters. The highest BCUT2D eigenvalue weighted by molar-refractivity contribution is 6.36. The average molecular weight is 471 g/mol. The average Bonchev–Trinajstić information content (AvgIpc) is 2.62. The molecule has 0 aliphatic rings. The van der Waals surface area contributed by atoms with Gasteiger partial charge >= 0.3 is 17.8 Å². The SMILES string of the molecule is CCOC(=O)[C@](NC(=O)c1ccc(Cl)cc1Cl)(Nc1ccc(F)cc1F)C(F)(F)F. The summed E-state index contributed by atoms with van der Waals surface area (Å²) in [5.41, 5.74) is -5.27. The van der Waals surface area contributed by atoms with Crippen LogP contribution in [0.4, 0.5) is 27.6 Å². The van der Waals surface area contributed by atoms with Crippen molar-refractivity contribution in [2.24, 2.45) is 0 Å². The van der Waals surface area contributed by atoms with Crippen molar-refractivity contribution in [1.82, 2.24) is 5.32 Å². The van der Waals surface area contributed by atoms with E-state index in [0.29, 0.717) is 18.2 Å². The highest BCUT2D eigenvalue weighted by Gasteiger charge is 2.64. The van der Waals surface area contributed by atoms with E-state index in [9.17, 15) is 31.5 Å². The third-order valence-corrected chi connectivity index (χ3v) is 4.28. The standard InChI is InChI=1S/C18H13Cl2F5N2O3/c1-2-30-16(29)17(18(23,24)25,26-14-6-4-10(21)8-13(14)22)27-15(28)11-5-3-9(19)7-12(11)20/h3-8,26H,2H2,1H3,(H,27,28)/t17-/m1/s1. The van der Waals surface area contributed by atoms with Gasteiger partial charge in [-0.3, -0.25) is 4.79 Å². The van der Waals surface area contributed by atoms with Crippen molar-refractivity contribution in [3.8, 4) is 0 Å². The van der Waals surface area contributed by atoms with Crippen LogP contribution in [0.25, 0.3) is 0 Å². The number of carbonyl (C=O) groups excluding carboxylic acids is 2. The fraction of sp³-hybridized carbons (Fsp3) is 0.222. The second-order valence-electron chi connectivity index (χ2n) is 5.80. The molecule has 0 radical (unpaired) electrons. The molecule has 2 N–H and O–H groups in total. The molecule has 0 saturated heterocycles. The molecule has 162 valence electrons. The van der Waals surface area contributed by atoms with Crippen LogP contribution in [0.5, 0.6) is 0 Å². The molecular weight excluding hydrogens is 458 g/mol. The van der Waals surface area contributed by atoms with Gasteiger partial charge in [-0.25, -0.2) is 13.6 Å². The van der Waals surface area contributed by atoms with Crippen molar-refractivity contribution >= 4 is 40.8 Å². The van der Waals surface area contributed by atoms with Crippen molar-refractivity contribution in [2.75, 3.05) is 11.9 Å². The second-order valence-corrected chi connectivity index (χ2v) is 6.64. The molecule has 0 aliphatic heterocycles. The van der Waals surface area contributed by atoms with Crippen LogP contribution in [0, 0.1) is 11.6 Å². The Kier molecular flexibility index (Phi) is 7.14. The molecule has 0 fully saturated rings. The van der Waals surface area contributed by atoms with Crippen LogP contribution < -0.4 is 10.6 Å². The summed E-state index contributed by atoms with van der Waals surface area (Å²) >= 11 is 11.5. The van der Waals surface area contributed by atoms with Crippen LogP contribution in [-0.4, -0.2) is 30.3 Å². The molecule has 5 nitrogen and oxygen atoms in total. The van der Waals surface area contributed by atoms with Gasteiger partial charge in [0.1, 0.15) is 11.6 Å². The fourth-order valence-corrected chi connectivity index (χ4v) is 2.83. The minimum atomic E-state index is -5.52. The zero-order chi connectivity index (χ0) is 22.7. The molecule has 0 heterocycles. The lowest BCUT2D eigenvalue weighted by molar-refractivity contribution is -0.204. The number of carbonyl (C=O) groups is 2. The van der Waals surface area contributed by atoms with Gasteiger partial charge < -0.3 is 15.4 Å². The molecular formula is C18H13Cl2F5N2O3. The topological polar surface area (TPSA) is 67.4 Å². The number of esters is 1. The molecule has 0 bridgehead atoms. The van der Waals surface area contributed by atoms with E-state index in [4.69, 9.17) is 23.2 Å². The minimum absolute atomic E-state index is 0.107. The van der Waals surface area contributed by atoms with Gasteiger partial charge in [0, 0.05) is 11.1 Å². The number of benzene rings is 2. The monoisotopic (exact) mass is 470 g/mol. The van der Waals surface area contributed by atoms with Crippen molar-refractivity contribution < 1.29 is 36.3 Å². The van der Waals surface area contributed by atoms with Crippen molar-refractivity contribution in [3.63, 3.8) is 0 Å². The van der Waals surface area contributed by atoms with Crippen molar-refractivity contribution in [2.45, 2.75) is 18.8 Å². The van der Waals surface area contributed by atoms with Crippen LogP contribution in [-0.2, 0) is 9.53 Å². The van der Waals surface area contributed by atoms with Gasteiger partial charge in [0.25, 0.3) is 5.91 Å². The first-order chi connectivity index (χ1) is 13.9. The van der Waals surface area contributed by atoms with Crippen molar-refractivity contribution in [3.05, 3.63) is 63.6 Å².